The van der Waals surface area contributed by atoms with Crippen LogP contribution in [0.3, 0.4) is 0 Å². The first kappa shape index (κ1) is 36.0. The Hall–Kier alpha value is -2.00. The van der Waals surface area contributed by atoms with E-state index in [-0.39, 0.29) is 39.0 Å². The molecule has 14 heteroatoms. The summed E-state index contributed by atoms with van der Waals surface area (Å²) in [6, 6.07) is 0. The van der Waals surface area contributed by atoms with Crippen molar-refractivity contribution in [2.24, 2.45) is 42.3 Å². The number of imidazole rings is 3. The quantitative estimate of drug-likeness (QED) is 0.158. The van der Waals surface area contributed by atoms with E-state index in [1.54, 1.807) is 0 Å². The molecule has 5 aromatic heterocycles. The molecule has 0 saturated carbocycles. The SMILES string of the molecule is Cc1[c-][n+](C)c(C)n1C.Cc1snnc1-c1c(C)n(C)c(C)[n+]1C.Cc1snnc1-c1n(C)c(C)[c-][n+]1C.[Ru+].[Ru+]. The molecule has 0 atom stereocenters. The summed E-state index contributed by atoms with van der Waals surface area (Å²) in [6.45, 7) is 14.5. The van der Waals surface area contributed by atoms with Crippen molar-refractivity contribution in [3.05, 3.63) is 50.9 Å². The zero-order chi connectivity index (χ0) is 28.5. The topological polar surface area (TPSA) is 78.0 Å². The molecule has 5 heterocycles. The van der Waals surface area contributed by atoms with Crippen molar-refractivity contribution in [1.82, 2.24) is 32.9 Å². The number of rotatable bonds is 2. The molecule has 10 nitrogen and oxygen atoms in total. The fraction of sp³-hybridized carbons (Fsp3) is 0.500. The van der Waals surface area contributed by atoms with E-state index in [2.05, 4.69) is 91.6 Å². The number of hydrogen-bond acceptors (Lipinski definition) is 6. The molecule has 0 aliphatic rings. The minimum atomic E-state index is 0. The maximum Gasteiger partial charge on any atom is 1.00 e. The third kappa shape index (κ3) is 7.25. The third-order valence-corrected chi connectivity index (χ3v) is 8.42. The first-order valence-corrected chi connectivity index (χ1v) is 13.8. The van der Waals surface area contributed by atoms with Crippen LogP contribution in [0, 0.1) is 60.9 Å². The van der Waals surface area contributed by atoms with Gasteiger partial charge in [-0.15, -0.1) is 10.2 Å². The third-order valence-electron chi connectivity index (χ3n) is 7.16. The Morgan fingerprint density at radius 3 is 1.40 bits per heavy atom. The van der Waals surface area contributed by atoms with Crippen LogP contribution >= 0.6 is 23.1 Å². The fourth-order valence-electron chi connectivity index (χ4n) is 4.19. The molecular weight excluding hydrogens is 719 g/mol. The van der Waals surface area contributed by atoms with Crippen LogP contribution in [-0.2, 0) is 81.2 Å². The maximum atomic E-state index is 4.20. The normalized spacial score (nSPS) is 10.2. The predicted octanol–water partition coefficient (Wildman–Crippen LogP) is 2.34. The van der Waals surface area contributed by atoms with Gasteiger partial charge in [0.2, 0.25) is 0 Å². The zero-order valence-corrected chi connectivity index (χ0v) is 30.6. The monoisotopic (exact) mass is 759 g/mol. The summed E-state index contributed by atoms with van der Waals surface area (Å²) < 4.78 is 20.4. The van der Waals surface area contributed by atoms with Crippen molar-refractivity contribution in [3.8, 4) is 22.9 Å². The van der Waals surface area contributed by atoms with Crippen LogP contribution in [0.25, 0.3) is 22.9 Å². The Labute approximate surface area is 271 Å². The van der Waals surface area contributed by atoms with E-state index < -0.39 is 0 Å². The molecule has 0 fully saturated rings. The van der Waals surface area contributed by atoms with Gasteiger partial charge in [0, 0.05) is 44.2 Å². The van der Waals surface area contributed by atoms with Gasteiger partial charge in [0.15, 0.2) is 17.2 Å². The maximum absolute atomic E-state index is 4.20. The molecule has 0 bridgehead atoms. The molecule has 0 N–H and O–H groups in total. The zero-order valence-electron chi connectivity index (χ0n) is 25.5. The van der Waals surface area contributed by atoms with Gasteiger partial charge in [-0.05, 0) is 70.1 Å². The molecule has 40 heavy (non-hydrogen) atoms. The summed E-state index contributed by atoms with van der Waals surface area (Å²) in [5.41, 5.74) is 6.62. The molecule has 0 amide bonds. The number of hydrogen-bond donors (Lipinski definition) is 0. The number of aryl methyl sites for hydroxylation is 6. The molecule has 5 rings (SSSR count). The van der Waals surface area contributed by atoms with Crippen LogP contribution in [0.1, 0.15) is 38.5 Å². The Balaban J connectivity index is 0.000000301. The average molecular weight is 758 g/mol. The van der Waals surface area contributed by atoms with E-state index >= 15 is 0 Å². The Bertz CT molecular complexity index is 1520. The van der Waals surface area contributed by atoms with Crippen molar-refractivity contribution in [1.29, 1.82) is 0 Å². The summed E-state index contributed by atoms with van der Waals surface area (Å²) in [7, 11) is 12.2. The molecule has 0 aromatic carbocycles. The molecule has 0 saturated heterocycles. The summed E-state index contributed by atoms with van der Waals surface area (Å²) in [4.78, 5) is 2.30. The summed E-state index contributed by atoms with van der Waals surface area (Å²) in [5.74, 6) is 3.50. The minimum absolute atomic E-state index is 0. The van der Waals surface area contributed by atoms with E-state index in [0.717, 1.165) is 27.8 Å². The van der Waals surface area contributed by atoms with E-state index in [1.807, 2.05) is 58.1 Å². The van der Waals surface area contributed by atoms with Crippen LogP contribution in [0.5, 0.6) is 0 Å². The summed E-state index contributed by atoms with van der Waals surface area (Å²) >= 11 is 2.87. The number of aromatic nitrogens is 10. The van der Waals surface area contributed by atoms with Crippen LogP contribution in [0.2, 0.25) is 0 Å². The van der Waals surface area contributed by atoms with E-state index in [4.69, 9.17) is 0 Å². The average Bonchev–Trinajstić information content (AvgIpc) is 3.63. The van der Waals surface area contributed by atoms with E-state index in [1.165, 1.54) is 56.7 Å². The second kappa shape index (κ2) is 14.8. The molecule has 0 unspecified atom stereocenters. The largest absolute Gasteiger partial charge is 1.00 e. The fourth-order valence-corrected chi connectivity index (χ4v) is 5.12. The van der Waals surface area contributed by atoms with Crippen molar-refractivity contribution >= 4 is 23.1 Å². The second-order valence-corrected chi connectivity index (χ2v) is 11.4. The van der Waals surface area contributed by atoms with Gasteiger partial charge in [-0.25, -0.2) is 9.13 Å². The van der Waals surface area contributed by atoms with Crippen molar-refractivity contribution in [3.63, 3.8) is 0 Å². The first-order chi connectivity index (χ1) is 17.8. The molecule has 0 aliphatic carbocycles. The van der Waals surface area contributed by atoms with E-state index in [0.29, 0.717) is 0 Å². The first-order valence-electron chi connectivity index (χ1n) is 12.2. The van der Waals surface area contributed by atoms with Gasteiger partial charge in [0.05, 0.1) is 33.1 Å². The van der Waals surface area contributed by atoms with Gasteiger partial charge in [-0.2, -0.15) is 0 Å². The molecule has 2 radical (unpaired) electrons. The Morgan fingerprint density at radius 2 is 1.10 bits per heavy atom. The molecule has 0 spiro atoms. The van der Waals surface area contributed by atoms with Crippen LogP contribution in [-0.4, -0.2) is 32.9 Å². The number of nitrogens with zero attached hydrogens (tertiary/aromatic N) is 10. The summed E-state index contributed by atoms with van der Waals surface area (Å²) in [5, 5.41) is 8.32. The van der Waals surface area contributed by atoms with Gasteiger partial charge >= 0.3 is 39.0 Å². The van der Waals surface area contributed by atoms with Crippen LogP contribution in [0.4, 0.5) is 0 Å². The van der Waals surface area contributed by atoms with Gasteiger partial charge in [-0.1, -0.05) is 8.98 Å². The van der Waals surface area contributed by atoms with Crippen molar-refractivity contribution < 1.29 is 52.7 Å². The minimum Gasteiger partial charge on any atom is -0.400 e. The molecular formula is C26H39N10Ru2S2+3. The Morgan fingerprint density at radius 1 is 0.625 bits per heavy atom. The van der Waals surface area contributed by atoms with Gasteiger partial charge in [0.1, 0.15) is 17.2 Å². The standard InChI is InChI=1S/C10H15N4S.C9H12N4S.C7H12N2.2Ru/c1-6-10(9-7(2)15-12-11-9)14(5)8(3)13(6)4;1-6-5-12(3)9(13(6)4)8-7(2)14-11-10-8;1-6-5-8(3)7(2)9(6)4;;/h1-5H3;1-4H3;1-4H3;;/q+1;;;2*+1. The van der Waals surface area contributed by atoms with Crippen LogP contribution < -0.4 is 13.7 Å². The van der Waals surface area contributed by atoms with Gasteiger partial charge in [-0.3, -0.25) is 0 Å². The second-order valence-electron chi connectivity index (χ2n) is 9.46. The predicted molar refractivity (Wildman–Crippen MR) is 148 cm³/mol. The van der Waals surface area contributed by atoms with Crippen molar-refractivity contribution in [2.75, 3.05) is 0 Å². The van der Waals surface area contributed by atoms with E-state index in [9.17, 15) is 0 Å². The molecule has 218 valence electrons. The smallest absolute Gasteiger partial charge is 0.400 e. The van der Waals surface area contributed by atoms with Crippen LogP contribution in [0.15, 0.2) is 0 Å². The molecule has 0 aliphatic heterocycles. The van der Waals surface area contributed by atoms with Gasteiger partial charge < -0.3 is 18.3 Å². The molecule has 5 aromatic rings. The van der Waals surface area contributed by atoms with Gasteiger partial charge in [0.25, 0.3) is 5.82 Å². The van der Waals surface area contributed by atoms with Crippen molar-refractivity contribution in [2.45, 2.75) is 48.5 Å². The summed E-state index contributed by atoms with van der Waals surface area (Å²) in [6.07, 6.45) is 6.36. The Kier molecular flexibility index (Phi) is 13.3.